The third kappa shape index (κ3) is 7.46. The van der Waals surface area contributed by atoms with Crippen molar-refractivity contribution in [1.29, 1.82) is 0 Å². The Kier molecular flexibility index (Phi) is 8.38. The number of carbonyl (C=O) groups excluding carboxylic acids is 1. The highest BCUT2D eigenvalue weighted by atomic mass is 32.2. The van der Waals surface area contributed by atoms with E-state index in [2.05, 4.69) is 30.1 Å². The second-order valence-corrected chi connectivity index (χ2v) is 12.6. The third-order valence-electron chi connectivity index (χ3n) is 6.48. The number of aryl methyl sites for hydroxylation is 1. The molecule has 0 aromatic carbocycles. The highest BCUT2D eigenvalue weighted by Crippen LogP contribution is 2.41. The zero-order valence-corrected chi connectivity index (χ0v) is 22.8. The number of carbonyl (C=O) groups is 1. The van der Waals surface area contributed by atoms with E-state index in [0.29, 0.717) is 16.9 Å². The van der Waals surface area contributed by atoms with Gasteiger partial charge in [0, 0.05) is 24.6 Å². The van der Waals surface area contributed by atoms with Crippen molar-refractivity contribution in [1.82, 2.24) is 34.9 Å². The van der Waals surface area contributed by atoms with E-state index < -0.39 is 58.7 Å². The minimum absolute atomic E-state index is 0.0986. The largest absolute Gasteiger partial charge is 0.390 e. The van der Waals surface area contributed by atoms with Gasteiger partial charge < -0.3 is 5.32 Å². The van der Waals surface area contributed by atoms with Gasteiger partial charge in [0.25, 0.3) is 5.91 Å². The maximum Gasteiger partial charge on any atom is 0.390 e. The average Bonchev–Trinajstić information content (AvgIpc) is 3.50. The molecule has 16 heteroatoms. The molecule has 2 atom stereocenters. The Labute approximate surface area is 229 Å². The summed E-state index contributed by atoms with van der Waals surface area (Å²) in [5.74, 6) is -3.98. The van der Waals surface area contributed by atoms with Gasteiger partial charge in [0.15, 0.2) is 5.65 Å². The molecule has 1 amide bonds. The van der Waals surface area contributed by atoms with Crippen molar-refractivity contribution in [3.63, 3.8) is 0 Å². The molecule has 1 saturated carbocycles. The van der Waals surface area contributed by atoms with Crippen LogP contribution in [-0.4, -0.2) is 62.8 Å². The predicted molar refractivity (Wildman–Crippen MR) is 136 cm³/mol. The summed E-state index contributed by atoms with van der Waals surface area (Å²) in [6.45, 7) is 4.77. The van der Waals surface area contributed by atoms with Gasteiger partial charge in [0.2, 0.25) is 5.92 Å². The molecule has 0 saturated heterocycles. The molecule has 0 unspecified atom stereocenters. The van der Waals surface area contributed by atoms with Crippen LogP contribution in [0.15, 0.2) is 29.1 Å². The van der Waals surface area contributed by atoms with Gasteiger partial charge in [-0.15, -0.1) is 5.10 Å². The van der Waals surface area contributed by atoms with E-state index in [-0.39, 0.29) is 31.4 Å². The summed E-state index contributed by atoms with van der Waals surface area (Å²) in [6, 6.07) is 0.811. The number of nitrogens with one attached hydrogen (secondary N) is 1. The topological polar surface area (TPSA) is 119 Å². The number of rotatable bonds is 8. The fraction of sp³-hybridized carbons (Fsp3) is 0.583. The van der Waals surface area contributed by atoms with Crippen LogP contribution in [0.2, 0.25) is 0 Å². The Balaban J connectivity index is 1.61. The summed E-state index contributed by atoms with van der Waals surface area (Å²) >= 11 is 0. The van der Waals surface area contributed by atoms with E-state index in [0.717, 1.165) is 10.9 Å². The third-order valence-corrected chi connectivity index (χ3v) is 7.82. The smallest absolute Gasteiger partial charge is 0.342 e. The van der Waals surface area contributed by atoms with Crippen LogP contribution in [-0.2, 0) is 17.5 Å². The lowest BCUT2D eigenvalue weighted by Gasteiger charge is -2.33. The summed E-state index contributed by atoms with van der Waals surface area (Å²) in [5, 5.41) is 14.2. The Morgan fingerprint density at radius 2 is 1.95 bits per heavy atom. The zero-order valence-electron chi connectivity index (χ0n) is 22.0. The Morgan fingerprint density at radius 1 is 1.25 bits per heavy atom. The maximum absolute atomic E-state index is 13.9. The van der Waals surface area contributed by atoms with E-state index >= 15 is 0 Å². The summed E-state index contributed by atoms with van der Waals surface area (Å²) in [6.07, 6.45) is -0.686. The summed E-state index contributed by atoms with van der Waals surface area (Å²) in [7, 11) is -1.48. The highest BCUT2D eigenvalue weighted by Gasteiger charge is 2.39. The second kappa shape index (κ2) is 11.3. The van der Waals surface area contributed by atoms with Crippen molar-refractivity contribution >= 4 is 28.8 Å². The number of halogens is 5. The van der Waals surface area contributed by atoms with Gasteiger partial charge in [0.1, 0.15) is 16.7 Å². The van der Waals surface area contributed by atoms with Crippen molar-refractivity contribution in [3.05, 3.63) is 41.6 Å². The van der Waals surface area contributed by atoms with E-state index in [1.54, 1.807) is 33.0 Å². The fourth-order valence-corrected chi connectivity index (χ4v) is 4.81. The van der Waals surface area contributed by atoms with E-state index in [9.17, 15) is 31.0 Å². The number of imidazole rings is 1. The molecular weight excluding hydrogens is 559 g/mol. The number of alkyl halides is 5. The molecule has 0 aliphatic heterocycles. The van der Waals surface area contributed by atoms with Crippen LogP contribution in [0.1, 0.15) is 80.7 Å². The molecule has 10 nitrogen and oxygen atoms in total. The SMILES string of the molecule is CC(C)(C)[S@](=O)N=Cc1cnn2cc([C@@H](NC(=O)c3cnnn3CCC(F)(F)F)C3CCC(F)(F)CC3)nc2c1. The summed E-state index contributed by atoms with van der Waals surface area (Å²) < 4.78 is 84.1. The molecule has 1 N–H and O–H groups in total. The molecule has 4 rings (SSSR count). The molecule has 0 radical (unpaired) electrons. The zero-order chi connectivity index (χ0) is 29.3. The van der Waals surface area contributed by atoms with Crippen molar-refractivity contribution in [2.75, 3.05) is 0 Å². The van der Waals surface area contributed by atoms with Crippen molar-refractivity contribution in [2.24, 2.45) is 10.3 Å². The number of nitrogens with zero attached hydrogens (tertiary/aromatic N) is 7. The molecule has 3 aromatic rings. The first-order valence-corrected chi connectivity index (χ1v) is 13.7. The average molecular weight is 589 g/mol. The number of fused-ring (bicyclic) bond motifs is 1. The van der Waals surface area contributed by atoms with E-state index in [4.69, 9.17) is 0 Å². The van der Waals surface area contributed by atoms with E-state index in [1.807, 2.05) is 0 Å². The molecule has 3 aromatic heterocycles. The second-order valence-electron chi connectivity index (χ2n) is 10.7. The van der Waals surface area contributed by atoms with Crippen LogP contribution in [0.5, 0.6) is 0 Å². The predicted octanol–water partition coefficient (Wildman–Crippen LogP) is 4.45. The van der Waals surface area contributed by atoms with Crippen LogP contribution >= 0.6 is 0 Å². The molecule has 1 fully saturated rings. The molecule has 3 heterocycles. The number of hydrogen-bond acceptors (Lipinski definition) is 6. The quantitative estimate of drug-likeness (QED) is 0.307. The first-order chi connectivity index (χ1) is 18.6. The van der Waals surface area contributed by atoms with Gasteiger partial charge in [-0.25, -0.2) is 27.2 Å². The first kappa shape index (κ1) is 29.7. The van der Waals surface area contributed by atoms with Crippen LogP contribution in [0.4, 0.5) is 22.0 Å². The Hall–Kier alpha value is -3.30. The first-order valence-electron chi connectivity index (χ1n) is 12.6. The van der Waals surface area contributed by atoms with Gasteiger partial charge >= 0.3 is 6.18 Å². The van der Waals surface area contributed by atoms with Crippen molar-refractivity contribution in [3.8, 4) is 0 Å². The van der Waals surface area contributed by atoms with Gasteiger partial charge in [-0.1, -0.05) is 5.21 Å². The number of aromatic nitrogens is 6. The lowest BCUT2D eigenvalue weighted by Crippen LogP contribution is -2.38. The molecule has 0 spiro atoms. The number of amides is 1. The van der Waals surface area contributed by atoms with Crippen LogP contribution in [0.25, 0.3) is 5.65 Å². The van der Waals surface area contributed by atoms with Crippen LogP contribution < -0.4 is 5.32 Å². The van der Waals surface area contributed by atoms with Gasteiger partial charge in [-0.2, -0.15) is 22.7 Å². The molecule has 1 aliphatic carbocycles. The highest BCUT2D eigenvalue weighted by molar-refractivity contribution is 7.85. The maximum atomic E-state index is 13.9. The van der Waals surface area contributed by atoms with Gasteiger partial charge in [0.05, 0.1) is 48.0 Å². The van der Waals surface area contributed by atoms with Crippen LogP contribution in [0, 0.1) is 5.92 Å². The molecule has 40 heavy (non-hydrogen) atoms. The molecular formula is C24H29F5N8O2S. The molecule has 218 valence electrons. The standard InChI is InChI=1S/C24H29F5N8O2S/c1-22(2,3)40(39)32-12-15-10-19-33-17(14-37(19)31-11-15)20(16-4-6-23(25,26)7-5-16)34-21(38)18-13-30-35-36(18)9-8-24(27,28)29/h10-14,16,20H,4-9H2,1-3H3,(H,34,38)/t20-,40-/m0/s1. The van der Waals surface area contributed by atoms with Crippen molar-refractivity contribution < 1.29 is 31.0 Å². The molecule has 1 aliphatic rings. The van der Waals surface area contributed by atoms with Gasteiger partial charge in [-0.3, -0.25) is 4.79 Å². The lowest BCUT2D eigenvalue weighted by atomic mass is 9.81. The fourth-order valence-electron chi connectivity index (χ4n) is 4.27. The normalized spacial score (nSPS) is 18.3. The summed E-state index contributed by atoms with van der Waals surface area (Å²) in [4.78, 5) is 17.7. The molecule has 0 bridgehead atoms. The minimum atomic E-state index is -4.45. The summed E-state index contributed by atoms with van der Waals surface area (Å²) in [5.41, 5.74) is 1.05. The Bertz CT molecular complexity index is 1400. The monoisotopic (exact) mass is 588 g/mol. The lowest BCUT2D eigenvalue weighted by molar-refractivity contribution is -0.137. The van der Waals surface area contributed by atoms with E-state index in [1.165, 1.54) is 16.9 Å². The number of hydrogen-bond donors (Lipinski definition) is 1. The van der Waals surface area contributed by atoms with Gasteiger partial charge in [-0.05, 0) is 45.6 Å². The Morgan fingerprint density at radius 3 is 2.60 bits per heavy atom. The van der Waals surface area contributed by atoms with Crippen molar-refractivity contribution in [2.45, 2.75) is 82.3 Å². The van der Waals surface area contributed by atoms with Crippen LogP contribution in [0.3, 0.4) is 0 Å². The minimum Gasteiger partial charge on any atom is -0.342 e.